The minimum absolute atomic E-state index is 0.333. The van der Waals surface area contributed by atoms with Crippen molar-refractivity contribution in [3.05, 3.63) is 22.1 Å². The summed E-state index contributed by atoms with van der Waals surface area (Å²) in [6, 6.07) is 0.757. The van der Waals surface area contributed by atoms with Crippen LogP contribution in [0, 0.1) is 6.92 Å². The molecule has 0 amide bonds. The molecule has 0 bridgehead atoms. The van der Waals surface area contributed by atoms with E-state index in [4.69, 9.17) is 0 Å². The Morgan fingerprint density at radius 2 is 2.00 bits per heavy atom. The van der Waals surface area contributed by atoms with Gasteiger partial charge in [0.15, 0.2) is 10.3 Å². The highest BCUT2D eigenvalue weighted by molar-refractivity contribution is 7.15. The molecule has 0 aliphatic heterocycles. The van der Waals surface area contributed by atoms with Gasteiger partial charge in [0, 0.05) is 35.0 Å². The van der Waals surface area contributed by atoms with Gasteiger partial charge in [-0.05, 0) is 27.7 Å². The molecule has 2 aromatic heterocycles. The van der Waals surface area contributed by atoms with Crippen molar-refractivity contribution in [2.45, 2.75) is 46.2 Å². The predicted molar refractivity (Wildman–Crippen MR) is 84.5 cm³/mol. The maximum absolute atomic E-state index is 4.59. The molecule has 19 heavy (non-hydrogen) atoms. The van der Waals surface area contributed by atoms with E-state index in [0.29, 0.717) is 12.1 Å². The molecule has 2 heterocycles. The normalized spacial score (nSPS) is 12.7. The standard InChI is InChI=1S/C13H20N4S2/c1-8(2)15-13-17-11(7-18-13)5-9(3)16-12-14-6-10(4)19-12/h6-9H,5H2,1-4H3,(H,14,16)(H,15,17). The summed E-state index contributed by atoms with van der Waals surface area (Å²) in [4.78, 5) is 10.1. The topological polar surface area (TPSA) is 49.8 Å². The Morgan fingerprint density at radius 3 is 2.63 bits per heavy atom. The van der Waals surface area contributed by atoms with E-state index in [2.05, 4.69) is 53.7 Å². The number of hydrogen-bond acceptors (Lipinski definition) is 6. The third-order valence-corrected chi connectivity index (χ3v) is 4.14. The molecule has 0 aliphatic carbocycles. The van der Waals surface area contributed by atoms with E-state index in [0.717, 1.165) is 22.4 Å². The summed E-state index contributed by atoms with van der Waals surface area (Å²) in [6.07, 6.45) is 2.81. The minimum atomic E-state index is 0.333. The Bertz CT molecular complexity index is 518. The molecule has 0 radical (unpaired) electrons. The molecule has 0 aromatic carbocycles. The van der Waals surface area contributed by atoms with E-state index in [9.17, 15) is 0 Å². The summed E-state index contributed by atoms with van der Waals surface area (Å²) in [6.45, 7) is 8.47. The molecule has 2 rings (SSSR count). The number of nitrogens with zero attached hydrogens (tertiary/aromatic N) is 2. The lowest BCUT2D eigenvalue weighted by atomic mass is 10.2. The van der Waals surface area contributed by atoms with Crippen LogP contribution < -0.4 is 10.6 Å². The van der Waals surface area contributed by atoms with Gasteiger partial charge in [0.25, 0.3) is 0 Å². The fourth-order valence-corrected chi connectivity index (χ4v) is 3.36. The highest BCUT2D eigenvalue weighted by Crippen LogP contribution is 2.20. The van der Waals surface area contributed by atoms with Gasteiger partial charge in [0.1, 0.15) is 0 Å². The van der Waals surface area contributed by atoms with Gasteiger partial charge in [-0.25, -0.2) is 9.97 Å². The number of aryl methyl sites for hydroxylation is 1. The predicted octanol–water partition coefficient (Wildman–Crippen LogP) is 3.77. The molecule has 2 N–H and O–H groups in total. The van der Waals surface area contributed by atoms with Gasteiger partial charge in [-0.2, -0.15) is 0 Å². The Hall–Kier alpha value is -1.14. The van der Waals surface area contributed by atoms with Crippen LogP contribution in [0.2, 0.25) is 0 Å². The first-order valence-electron chi connectivity index (χ1n) is 6.43. The van der Waals surface area contributed by atoms with E-state index in [1.165, 1.54) is 4.88 Å². The van der Waals surface area contributed by atoms with Crippen molar-refractivity contribution >= 4 is 32.9 Å². The molecular weight excluding hydrogens is 276 g/mol. The maximum atomic E-state index is 4.59. The third kappa shape index (κ3) is 4.47. The average molecular weight is 296 g/mol. The molecular formula is C13H20N4S2. The second kappa shape index (κ2) is 6.34. The number of thiazole rings is 2. The summed E-state index contributed by atoms with van der Waals surface area (Å²) >= 11 is 3.36. The SMILES string of the molecule is Cc1cnc(NC(C)Cc2csc(NC(C)C)n2)s1. The summed E-state index contributed by atoms with van der Waals surface area (Å²) < 4.78 is 0. The Morgan fingerprint density at radius 1 is 1.21 bits per heavy atom. The zero-order valence-electron chi connectivity index (χ0n) is 11.7. The fraction of sp³-hybridized carbons (Fsp3) is 0.538. The fourth-order valence-electron chi connectivity index (χ4n) is 1.71. The number of anilines is 2. The molecule has 4 nitrogen and oxygen atoms in total. The molecule has 0 aliphatic rings. The Labute approximate surface area is 122 Å². The number of rotatable bonds is 6. The van der Waals surface area contributed by atoms with Crippen molar-refractivity contribution in [2.24, 2.45) is 0 Å². The maximum Gasteiger partial charge on any atom is 0.183 e. The first-order valence-corrected chi connectivity index (χ1v) is 8.12. The Balaban J connectivity index is 1.88. The van der Waals surface area contributed by atoms with Gasteiger partial charge < -0.3 is 10.6 Å². The summed E-state index contributed by atoms with van der Waals surface area (Å²) in [5.41, 5.74) is 1.13. The first kappa shape index (κ1) is 14.3. The van der Waals surface area contributed by atoms with E-state index >= 15 is 0 Å². The summed E-state index contributed by atoms with van der Waals surface area (Å²) in [5, 5.41) is 10.9. The van der Waals surface area contributed by atoms with Crippen LogP contribution in [0.3, 0.4) is 0 Å². The van der Waals surface area contributed by atoms with E-state index in [1.807, 2.05) is 6.20 Å². The van der Waals surface area contributed by atoms with Crippen molar-refractivity contribution in [3.8, 4) is 0 Å². The van der Waals surface area contributed by atoms with Crippen LogP contribution in [0.15, 0.2) is 11.6 Å². The lowest BCUT2D eigenvalue weighted by Crippen LogP contribution is -2.18. The zero-order chi connectivity index (χ0) is 13.8. The van der Waals surface area contributed by atoms with E-state index < -0.39 is 0 Å². The van der Waals surface area contributed by atoms with Crippen molar-refractivity contribution in [2.75, 3.05) is 10.6 Å². The second-order valence-electron chi connectivity index (χ2n) is 4.97. The quantitative estimate of drug-likeness (QED) is 0.852. The lowest BCUT2D eigenvalue weighted by Gasteiger charge is -2.11. The van der Waals surface area contributed by atoms with Gasteiger partial charge in [0.2, 0.25) is 0 Å². The van der Waals surface area contributed by atoms with Crippen LogP contribution in [0.25, 0.3) is 0 Å². The van der Waals surface area contributed by atoms with Crippen LogP contribution in [-0.2, 0) is 6.42 Å². The minimum Gasteiger partial charge on any atom is -0.359 e. The molecule has 104 valence electrons. The number of aromatic nitrogens is 2. The molecule has 0 fully saturated rings. The highest BCUT2D eigenvalue weighted by Gasteiger charge is 2.09. The molecule has 0 spiro atoms. The summed E-state index contributed by atoms with van der Waals surface area (Å²) in [7, 11) is 0. The second-order valence-corrected chi connectivity index (χ2v) is 7.06. The first-order chi connectivity index (χ1) is 9.02. The molecule has 0 saturated carbocycles. The Kier molecular flexibility index (Phi) is 4.76. The monoisotopic (exact) mass is 296 g/mol. The van der Waals surface area contributed by atoms with Gasteiger partial charge in [0.05, 0.1) is 5.69 Å². The number of hydrogen-bond donors (Lipinski definition) is 2. The van der Waals surface area contributed by atoms with Crippen molar-refractivity contribution in [3.63, 3.8) is 0 Å². The summed E-state index contributed by atoms with van der Waals surface area (Å²) in [5.74, 6) is 0. The van der Waals surface area contributed by atoms with Crippen LogP contribution in [-0.4, -0.2) is 22.1 Å². The van der Waals surface area contributed by atoms with Crippen LogP contribution >= 0.6 is 22.7 Å². The largest absolute Gasteiger partial charge is 0.359 e. The van der Waals surface area contributed by atoms with Gasteiger partial charge in [-0.3, -0.25) is 0 Å². The van der Waals surface area contributed by atoms with Gasteiger partial charge >= 0.3 is 0 Å². The zero-order valence-corrected chi connectivity index (χ0v) is 13.4. The molecule has 0 saturated heterocycles. The van der Waals surface area contributed by atoms with Gasteiger partial charge in [-0.15, -0.1) is 22.7 Å². The molecule has 1 atom stereocenters. The van der Waals surface area contributed by atoms with E-state index in [-0.39, 0.29) is 0 Å². The molecule has 1 unspecified atom stereocenters. The molecule has 2 aromatic rings. The van der Waals surface area contributed by atoms with Crippen molar-refractivity contribution in [1.29, 1.82) is 0 Å². The van der Waals surface area contributed by atoms with Crippen molar-refractivity contribution in [1.82, 2.24) is 9.97 Å². The van der Waals surface area contributed by atoms with E-state index in [1.54, 1.807) is 22.7 Å². The van der Waals surface area contributed by atoms with Crippen LogP contribution in [0.5, 0.6) is 0 Å². The number of nitrogens with one attached hydrogen (secondary N) is 2. The lowest BCUT2D eigenvalue weighted by molar-refractivity contribution is 0.772. The highest BCUT2D eigenvalue weighted by atomic mass is 32.1. The van der Waals surface area contributed by atoms with Crippen molar-refractivity contribution < 1.29 is 0 Å². The van der Waals surface area contributed by atoms with Crippen LogP contribution in [0.1, 0.15) is 31.3 Å². The smallest absolute Gasteiger partial charge is 0.183 e. The third-order valence-electron chi connectivity index (χ3n) is 2.47. The molecule has 6 heteroatoms. The van der Waals surface area contributed by atoms with Crippen LogP contribution in [0.4, 0.5) is 10.3 Å². The average Bonchev–Trinajstić information content (AvgIpc) is 2.88. The van der Waals surface area contributed by atoms with Gasteiger partial charge in [-0.1, -0.05) is 0 Å².